The van der Waals surface area contributed by atoms with E-state index in [9.17, 15) is 19.5 Å². The number of nitriles is 1. The molecule has 3 fully saturated rings. The molecule has 0 aromatic heterocycles. The summed E-state index contributed by atoms with van der Waals surface area (Å²) in [7, 11) is 0. The van der Waals surface area contributed by atoms with Gasteiger partial charge in [0.2, 0.25) is 5.60 Å². The number of nitrogens with zero attached hydrogens (tertiary/aromatic N) is 1. The number of fused-ring (bicyclic) bond motifs is 5. The topological polar surface area (TPSA) is 123 Å². The lowest BCUT2D eigenvalue weighted by atomic mass is 9.44. The number of hydrogen-bond donors (Lipinski definition) is 1. The number of ether oxygens (including phenoxy) is 3. The second-order valence-corrected chi connectivity index (χ2v) is 12.8. The van der Waals surface area contributed by atoms with Crippen LogP contribution in [0.4, 0.5) is 8.78 Å². The number of aliphatic hydroxyl groups is 1. The van der Waals surface area contributed by atoms with E-state index in [-0.39, 0.29) is 36.8 Å². The van der Waals surface area contributed by atoms with Gasteiger partial charge in [-0.1, -0.05) is 31.2 Å². The van der Waals surface area contributed by atoms with Crippen LogP contribution in [-0.2, 0) is 19.1 Å². The average Bonchev–Trinajstić information content (AvgIpc) is 3.31. The number of alkyl halides is 2. The maximum absolute atomic E-state index is 17.5. The molecule has 2 aromatic carbocycles. The van der Waals surface area contributed by atoms with Crippen molar-refractivity contribution in [1.82, 2.24) is 0 Å². The van der Waals surface area contributed by atoms with Crippen LogP contribution < -0.4 is 4.74 Å². The molecule has 4 aliphatic rings. The van der Waals surface area contributed by atoms with Crippen molar-refractivity contribution >= 4 is 17.7 Å². The van der Waals surface area contributed by atoms with Crippen molar-refractivity contribution in [1.29, 1.82) is 5.26 Å². The van der Waals surface area contributed by atoms with Gasteiger partial charge in [0.05, 0.1) is 11.7 Å². The number of esters is 2. The van der Waals surface area contributed by atoms with Gasteiger partial charge in [0, 0.05) is 16.7 Å². The number of allylic oxidation sites excluding steroid dienone is 4. The summed E-state index contributed by atoms with van der Waals surface area (Å²) in [5, 5.41) is 20.8. The number of carbonyl (C=O) groups is 3. The van der Waals surface area contributed by atoms with E-state index in [0.29, 0.717) is 11.5 Å². The summed E-state index contributed by atoms with van der Waals surface area (Å²) in [5.41, 5.74) is -7.25. The molecule has 3 saturated carbocycles. The van der Waals surface area contributed by atoms with Crippen molar-refractivity contribution in [3.05, 3.63) is 84.0 Å². The predicted octanol–water partition coefficient (Wildman–Crippen LogP) is 5.76. The number of benzene rings is 2. The third-order valence-electron chi connectivity index (χ3n) is 10.7. The Morgan fingerprint density at radius 1 is 1.07 bits per heavy atom. The van der Waals surface area contributed by atoms with Crippen molar-refractivity contribution in [2.45, 2.75) is 63.1 Å². The number of rotatable bonds is 6. The molecule has 0 aliphatic heterocycles. The van der Waals surface area contributed by atoms with E-state index in [1.54, 1.807) is 37.3 Å². The summed E-state index contributed by atoms with van der Waals surface area (Å²) in [6, 6.07) is 16.9. The molecule has 234 valence electrons. The summed E-state index contributed by atoms with van der Waals surface area (Å²) in [6.07, 6.45) is -0.281. The highest BCUT2D eigenvalue weighted by Gasteiger charge is 2.77. The number of halogens is 2. The Bertz CT molecular complexity index is 1640. The largest absolute Gasteiger partial charge is 0.457 e. The van der Waals surface area contributed by atoms with E-state index in [1.807, 2.05) is 18.2 Å². The number of carbonyl (C=O) groups excluding carboxylic acids is 3. The SMILES string of the molecule is C[C@]12C=CC(=O)C=C1[C@@H](F)C[C@H]1[C@@H]3CC[C@@](OC(=O)c4ccc(Oc5ccccc5)cc4)(C(=O)OCC#N)[C@@]3(C)C[C@H](O)C12F. The molecule has 0 amide bonds. The summed E-state index contributed by atoms with van der Waals surface area (Å²) < 4.78 is 50.4. The molecule has 0 spiro atoms. The smallest absolute Gasteiger partial charge is 0.352 e. The van der Waals surface area contributed by atoms with E-state index in [2.05, 4.69) is 0 Å². The maximum atomic E-state index is 17.5. The minimum atomic E-state index is -2.37. The Hall–Kier alpha value is -4.36. The van der Waals surface area contributed by atoms with E-state index in [0.717, 1.165) is 6.08 Å². The minimum absolute atomic E-state index is 0.0137. The monoisotopic (exact) mass is 617 g/mol. The summed E-state index contributed by atoms with van der Waals surface area (Å²) in [4.78, 5) is 39.5. The zero-order valence-corrected chi connectivity index (χ0v) is 24.9. The fraction of sp³-hybridized carbons (Fsp3) is 0.429. The van der Waals surface area contributed by atoms with Crippen LogP contribution >= 0.6 is 0 Å². The Balaban J connectivity index is 1.34. The van der Waals surface area contributed by atoms with Crippen LogP contribution in [0.15, 0.2) is 78.4 Å². The quantitative estimate of drug-likeness (QED) is 0.406. The molecule has 1 N–H and O–H groups in total. The van der Waals surface area contributed by atoms with Crippen molar-refractivity contribution in [2.75, 3.05) is 6.61 Å². The highest BCUT2D eigenvalue weighted by atomic mass is 19.1. The third-order valence-corrected chi connectivity index (χ3v) is 10.7. The first kappa shape index (κ1) is 30.7. The van der Waals surface area contributed by atoms with E-state index in [1.165, 1.54) is 31.2 Å². The highest BCUT2D eigenvalue weighted by molar-refractivity contribution is 6.01. The first-order valence-electron chi connectivity index (χ1n) is 15.0. The van der Waals surface area contributed by atoms with Gasteiger partial charge in [-0.15, -0.1) is 0 Å². The van der Waals surface area contributed by atoms with Gasteiger partial charge >= 0.3 is 11.9 Å². The molecular weight excluding hydrogens is 584 g/mol. The van der Waals surface area contributed by atoms with Crippen LogP contribution in [0.5, 0.6) is 11.5 Å². The summed E-state index contributed by atoms with van der Waals surface area (Å²) in [6.45, 7) is 2.51. The molecule has 45 heavy (non-hydrogen) atoms. The molecule has 10 heteroatoms. The Morgan fingerprint density at radius 3 is 2.44 bits per heavy atom. The fourth-order valence-corrected chi connectivity index (χ4v) is 8.45. The van der Waals surface area contributed by atoms with E-state index in [4.69, 9.17) is 19.5 Å². The minimum Gasteiger partial charge on any atom is -0.457 e. The molecule has 0 bridgehead atoms. The standard InChI is InChI=1S/C35H33F2NO7/c1-32-14-12-22(39)18-27(32)28(36)19-26-25-13-15-34(31(42)43-17-16-38,33(25,2)20-29(40)35(26,32)37)45-30(41)21-8-10-24(11-9-21)44-23-6-4-3-5-7-23/h3-12,14,18,25-26,28-29,40H,13,15,17,19-20H2,1-2H3/t25-,26-,28-,29-,32-,33-,34+,35?/m0/s1. The zero-order chi connectivity index (χ0) is 32.2. The van der Waals surface area contributed by atoms with Crippen LogP contribution in [0, 0.1) is 34.0 Å². The van der Waals surface area contributed by atoms with Crippen LogP contribution in [0.3, 0.4) is 0 Å². The van der Waals surface area contributed by atoms with Gasteiger partial charge in [0.25, 0.3) is 0 Å². The molecule has 0 heterocycles. The molecule has 8 atom stereocenters. The highest BCUT2D eigenvalue weighted by Crippen LogP contribution is 2.70. The first-order valence-corrected chi connectivity index (χ1v) is 15.0. The van der Waals surface area contributed by atoms with Gasteiger partial charge in [-0.25, -0.2) is 18.4 Å². The molecule has 0 radical (unpaired) electrons. The van der Waals surface area contributed by atoms with Crippen LogP contribution in [0.2, 0.25) is 0 Å². The molecule has 6 rings (SSSR count). The van der Waals surface area contributed by atoms with Crippen molar-refractivity contribution in [3.63, 3.8) is 0 Å². The normalized spacial score (nSPS) is 36.4. The summed E-state index contributed by atoms with van der Waals surface area (Å²) >= 11 is 0. The van der Waals surface area contributed by atoms with Crippen LogP contribution in [0.25, 0.3) is 0 Å². The number of ketones is 1. The number of hydrogen-bond acceptors (Lipinski definition) is 8. The van der Waals surface area contributed by atoms with Gasteiger partial charge in [-0.3, -0.25) is 4.79 Å². The van der Waals surface area contributed by atoms with E-state index < -0.39 is 70.5 Å². The lowest BCUT2D eigenvalue weighted by molar-refractivity contribution is -0.228. The molecule has 0 saturated heterocycles. The Labute approximate surface area is 259 Å². The van der Waals surface area contributed by atoms with Crippen molar-refractivity contribution in [3.8, 4) is 17.6 Å². The van der Waals surface area contributed by atoms with Gasteiger partial charge in [0.1, 0.15) is 23.7 Å². The molecular formula is C35H33F2NO7. The van der Waals surface area contributed by atoms with Crippen molar-refractivity contribution in [2.24, 2.45) is 22.7 Å². The second kappa shape index (κ2) is 10.9. The molecule has 8 nitrogen and oxygen atoms in total. The van der Waals surface area contributed by atoms with Gasteiger partial charge in [-0.05, 0) is 92.6 Å². The molecule has 4 aliphatic carbocycles. The maximum Gasteiger partial charge on any atom is 0.352 e. The fourth-order valence-electron chi connectivity index (χ4n) is 8.45. The van der Waals surface area contributed by atoms with Gasteiger partial charge in [-0.2, -0.15) is 5.26 Å². The summed E-state index contributed by atoms with van der Waals surface area (Å²) in [5.74, 6) is -3.02. The molecule has 1 unspecified atom stereocenters. The average molecular weight is 618 g/mol. The lowest BCUT2D eigenvalue weighted by Crippen LogP contribution is -2.70. The van der Waals surface area contributed by atoms with E-state index >= 15 is 8.78 Å². The van der Waals surface area contributed by atoms with Crippen LogP contribution in [-0.4, -0.2) is 53.0 Å². The first-order chi connectivity index (χ1) is 21.4. The van der Waals surface area contributed by atoms with Crippen LogP contribution in [0.1, 0.15) is 49.9 Å². The Morgan fingerprint density at radius 2 is 1.76 bits per heavy atom. The number of aliphatic hydroxyl groups excluding tert-OH is 1. The van der Waals surface area contributed by atoms with Gasteiger partial charge < -0.3 is 19.3 Å². The second-order valence-electron chi connectivity index (χ2n) is 12.8. The predicted molar refractivity (Wildman–Crippen MR) is 156 cm³/mol. The molecule has 2 aromatic rings. The lowest BCUT2D eigenvalue weighted by Gasteiger charge is -2.62. The Kier molecular flexibility index (Phi) is 7.44. The van der Waals surface area contributed by atoms with Crippen molar-refractivity contribution < 1.29 is 42.5 Å². The number of para-hydroxylation sites is 1. The third kappa shape index (κ3) is 4.51. The van der Waals surface area contributed by atoms with Gasteiger partial charge in [0.15, 0.2) is 18.1 Å². The zero-order valence-electron chi connectivity index (χ0n) is 24.9.